The Morgan fingerprint density at radius 3 is 2.43 bits per heavy atom. The minimum absolute atomic E-state index is 0.0184. The van der Waals surface area contributed by atoms with Crippen LogP contribution in [0.4, 0.5) is 10.1 Å². The molecule has 0 radical (unpaired) electrons. The summed E-state index contributed by atoms with van der Waals surface area (Å²) in [4.78, 5) is 26.1. The lowest BCUT2D eigenvalue weighted by Crippen LogP contribution is -2.42. The molecule has 2 amide bonds. The third kappa shape index (κ3) is 3.08. The van der Waals surface area contributed by atoms with E-state index in [1.165, 1.54) is 23.1 Å². The molecule has 0 spiro atoms. The van der Waals surface area contributed by atoms with Gasteiger partial charge in [0.1, 0.15) is 16.5 Å². The van der Waals surface area contributed by atoms with Crippen LogP contribution in [0.25, 0.3) is 0 Å². The number of rotatable bonds is 3. The first-order valence-corrected chi connectivity index (χ1v) is 8.24. The molecule has 7 heteroatoms. The molecule has 0 atom stereocenters. The van der Waals surface area contributed by atoms with Crippen molar-refractivity contribution in [2.24, 2.45) is 0 Å². The first-order chi connectivity index (χ1) is 11.0. The number of benzene rings is 1. The van der Waals surface area contributed by atoms with Crippen LogP contribution in [0, 0.1) is 5.82 Å². The fraction of sp³-hybridized carbons (Fsp3) is 0.375. The Hall–Kier alpha value is -1.59. The summed E-state index contributed by atoms with van der Waals surface area (Å²) in [5.74, 6) is -1.47. The Morgan fingerprint density at radius 1 is 1.09 bits per heavy atom. The molecule has 0 bridgehead atoms. The fourth-order valence-electron chi connectivity index (χ4n) is 3.02. The Bertz CT molecular complexity index is 699. The molecule has 23 heavy (non-hydrogen) atoms. The number of nitrogens with zero attached hydrogens (tertiary/aromatic N) is 1. The van der Waals surface area contributed by atoms with Gasteiger partial charge in [-0.3, -0.25) is 14.5 Å². The molecule has 0 saturated heterocycles. The maximum absolute atomic E-state index is 13.2. The zero-order valence-corrected chi connectivity index (χ0v) is 13.8. The van der Waals surface area contributed by atoms with Gasteiger partial charge in [0.2, 0.25) is 0 Å². The second-order valence-electron chi connectivity index (χ2n) is 5.72. The maximum atomic E-state index is 13.2. The van der Waals surface area contributed by atoms with Gasteiger partial charge in [0.15, 0.2) is 0 Å². The van der Waals surface area contributed by atoms with E-state index in [1.54, 1.807) is 0 Å². The molecule has 1 aromatic carbocycles. The van der Waals surface area contributed by atoms with Crippen molar-refractivity contribution in [1.82, 2.24) is 4.90 Å². The molecule has 0 unspecified atom stereocenters. The Labute approximate surface area is 143 Å². The smallest absolute Gasteiger partial charge is 0.279 e. The van der Waals surface area contributed by atoms with E-state index in [9.17, 15) is 14.0 Å². The molecular formula is C16H15Cl2FN2O2. The molecule has 4 nitrogen and oxygen atoms in total. The minimum atomic E-state index is -0.560. The van der Waals surface area contributed by atoms with Gasteiger partial charge < -0.3 is 5.32 Å². The quantitative estimate of drug-likeness (QED) is 0.831. The van der Waals surface area contributed by atoms with Gasteiger partial charge in [-0.05, 0) is 31.0 Å². The molecule has 3 rings (SSSR count). The Kier molecular flexibility index (Phi) is 4.60. The number of hydrogen-bond donors (Lipinski definition) is 1. The standard InChI is InChI=1S/C16H15Cl2FN2O2/c17-11-8-9(6-7-12(11)19)20-14-13(18)15(22)21(16(14)23)10-4-2-1-3-5-10/h6-8,10,20H,1-5H2. The highest BCUT2D eigenvalue weighted by atomic mass is 35.5. The lowest BCUT2D eigenvalue weighted by atomic mass is 9.94. The van der Waals surface area contributed by atoms with E-state index in [1.807, 2.05) is 0 Å². The largest absolute Gasteiger partial charge is 0.350 e. The number of amides is 2. The van der Waals surface area contributed by atoms with Gasteiger partial charge in [-0.25, -0.2) is 4.39 Å². The van der Waals surface area contributed by atoms with Crippen LogP contribution in [0.1, 0.15) is 32.1 Å². The van der Waals surface area contributed by atoms with Crippen molar-refractivity contribution in [2.45, 2.75) is 38.1 Å². The van der Waals surface area contributed by atoms with E-state index < -0.39 is 17.6 Å². The summed E-state index contributed by atoms with van der Waals surface area (Å²) in [5, 5.41) is 2.58. The van der Waals surface area contributed by atoms with Crippen molar-refractivity contribution in [2.75, 3.05) is 5.32 Å². The van der Waals surface area contributed by atoms with Gasteiger partial charge in [-0.15, -0.1) is 0 Å². The van der Waals surface area contributed by atoms with Gasteiger partial charge in [-0.2, -0.15) is 0 Å². The average molecular weight is 357 g/mol. The van der Waals surface area contributed by atoms with Crippen molar-refractivity contribution in [3.8, 4) is 0 Å². The van der Waals surface area contributed by atoms with Crippen LogP contribution in [0.5, 0.6) is 0 Å². The molecule has 2 aliphatic rings. The van der Waals surface area contributed by atoms with Crippen LogP contribution >= 0.6 is 23.2 Å². The lowest BCUT2D eigenvalue weighted by Gasteiger charge is -2.29. The molecule has 1 aromatic rings. The zero-order chi connectivity index (χ0) is 16.6. The highest BCUT2D eigenvalue weighted by molar-refractivity contribution is 6.48. The van der Waals surface area contributed by atoms with E-state index in [2.05, 4.69) is 5.32 Å². The summed E-state index contributed by atoms with van der Waals surface area (Å²) in [6.07, 6.45) is 4.72. The summed E-state index contributed by atoms with van der Waals surface area (Å²) in [6, 6.07) is 3.85. The van der Waals surface area contributed by atoms with E-state index in [-0.39, 0.29) is 21.8 Å². The highest BCUT2D eigenvalue weighted by Crippen LogP contribution is 2.32. The number of hydrogen-bond acceptors (Lipinski definition) is 3. The van der Waals surface area contributed by atoms with Crippen molar-refractivity contribution < 1.29 is 14.0 Å². The number of anilines is 1. The first-order valence-electron chi connectivity index (χ1n) is 7.49. The monoisotopic (exact) mass is 356 g/mol. The third-order valence-corrected chi connectivity index (χ3v) is 4.83. The number of imide groups is 1. The maximum Gasteiger partial charge on any atom is 0.279 e. The first kappa shape index (κ1) is 16.3. The number of carbonyl (C=O) groups excluding carboxylic acids is 2. The number of halogens is 3. The van der Waals surface area contributed by atoms with Gasteiger partial charge in [-0.1, -0.05) is 42.5 Å². The lowest BCUT2D eigenvalue weighted by molar-refractivity contribution is -0.140. The summed E-state index contributed by atoms with van der Waals surface area (Å²) < 4.78 is 13.2. The predicted molar refractivity (Wildman–Crippen MR) is 86.6 cm³/mol. The van der Waals surface area contributed by atoms with E-state index in [4.69, 9.17) is 23.2 Å². The number of carbonyl (C=O) groups is 2. The Balaban J connectivity index is 1.82. The van der Waals surface area contributed by atoms with E-state index in [0.717, 1.165) is 32.1 Å². The summed E-state index contributed by atoms with van der Waals surface area (Å²) in [6.45, 7) is 0. The van der Waals surface area contributed by atoms with Gasteiger partial charge in [0.25, 0.3) is 11.8 Å². The second-order valence-corrected chi connectivity index (χ2v) is 6.50. The molecule has 122 valence electrons. The van der Waals surface area contributed by atoms with Crippen molar-refractivity contribution >= 4 is 40.7 Å². The predicted octanol–water partition coefficient (Wildman–Crippen LogP) is 4.04. The van der Waals surface area contributed by atoms with Gasteiger partial charge >= 0.3 is 0 Å². The van der Waals surface area contributed by atoms with Crippen LogP contribution in [0.15, 0.2) is 28.9 Å². The molecule has 1 fully saturated rings. The van der Waals surface area contributed by atoms with Crippen molar-refractivity contribution in [3.05, 3.63) is 39.8 Å². The fourth-order valence-corrected chi connectivity index (χ4v) is 3.42. The van der Waals surface area contributed by atoms with Crippen LogP contribution < -0.4 is 5.32 Å². The van der Waals surface area contributed by atoms with Gasteiger partial charge in [0, 0.05) is 11.7 Å². The van der Waals surface area contributed by atoms with Gasteiger partial charge in [0.05, 0.1) is 5.02 Å². The minimum Gasteiger partial charge on any atom is -0.350 e. The molecule has 1 aliphatic heterocycles. The molecule has 0 aromatic heterocycles. The van der Waals surface area contributed by atoms with Crippen LogP contribution in [-0.2, 0) is 9.59 Å². The Morgan fingerprint density at radius 2 is 1.78 bits per heavy atom. The SMILES string of the molecule is O=C1C(Cl)=C(Nc2ccc(F)c(Cl)c2)C(=O)N1C1CCCCC1. The third-order valence-electron chi connectivity index (χ3n) is 4.19. The van der Waals surface area contributed by atoms with E-state index >= 15 is 0 Å². The molecular weight excluding hydrogens is 342 g/mol. The topological polar surface area (TPSA) is 49.4 Å². The summed E-state index contributed by atoms with van der Waals surface area (Å²) in [5.41, 5.74) is 0.418. The molecule has 1 heterocycles. The normalized spacial score (nSPS) is 19.7. The van der Waals surface area contributed by atoms with Crippen molar-refractivity contribution in [3.63, 3.8) is 0 Å². The highest BCUT2D eigenvalue weighted by Gasteiger charge is 2.42. The van der Waals surface area contributed by atoms with Crippen LogP contribution in [0.3, 0.4) is 0 Å². The zero-order valence-electron chi connectivity index (χ0n) is 12.2. The van der Waals surface area contributed by atoms with Crippen LogP contribution in [0.2, 0.25) is 5.02 Å². The van der Waals surface area contributed by atoms with Crippen LogP contribution in [-0.4, -0.2) is 22.8 Å². The number of nitrogens with one attached hydrogen (secondary N) is 1. The molecule has 1 N–H and O–H groups in total. The average Bonchev–Trinajstić information content (AvgIpc) is 2.75. The van der Waals surface area contributed by atoms with Crippen molar-refractivity contribution in [1.29, 1.82) is 0 Å². The summed E-state index contributed by atoms with van der Waals surface area (Å²) in [7, 11) is 0. The molecule has 1 aliphatic carbocycles. The summed E-state index contributed by atoms with van der Waals surface area (Å²) >= 11 is 11.8. The second kappa shape index (κ2) is 6.49. The molecule has 1 saturated carbocycles. The van der Waals surface area contributed by atoms with E-state index in [0.29, 0.717) is 5.69 Å².